The van der Waals surface area contributed by atoms with Crippen molar-refractivity contribution >= 4 is 39.5 Å². The topological polar surface area (TPSA) is 237 Å². The Balaban J connectivity index is 5.43. The van der Waals surface area contributed by atoms with Gasteiger partial charge < -0.3 is 33.8 Å². The third-order valence-electron chi connectivity index (χ3n) is 16.0. The highest BCUT2D eigenvalue weighted by Gasteiger charge is 2.30. The van der Waals surface area contributed by atoms with E-state index in [0.29, 0.717) is 25.7 Å². The van der Waals surface area contributed by atoms with Crippen LogP contribution in [0.1, 0.15) is 310 Å². The molecule has 0 radical (unpaired) electrons. The molecule has 100 heavy (non-hydrogen) atoms. The van der Waals surface area contributed by atoms with Crippen molar-refractivity contribution in [3.05, 3.63) is 122 Å². The number of hydrogen-bond donors (Lipinski definition) is 3. The number of ether oxygens (including phenoxy) is 4. The highest BCUT2D eigenvalue weighted by molar-refractivity contribution is 7.47. The first-order valence-corrected chi connectivity index (χ1v) is 41.8. The Morgan fingerprint density at radius 3 is 0.900 bits per heavy atom. The number of phosphoric acid groups is 2. The van der Waals surface area contributed by atoms with E-state index >= 15 is 0 Å². The van der Waals surface area contributed by atoms with Crippen LogP contribution in [-0.2, 0) is 65.4 Å². The molecule has 0 saturated carbocycles. The van der Waals surface area contributed by atoms with Crippen molar-refractivity contribution in [2.24, 2.45) is 0 Å². The molecule has 0 rings (SSSR count). The van der Waals surface area contributed by atoms with E-state index in [-0.39, 0.29) is 25.7 Å². The molecule has 0 aliphatic heterocycles. The normalized spacial score (nSPS) is 14.6. The summed E-state index contributed by atoms with van der Waals surface area (Å²) in [6.45, 7) is 4.50. The number of carbonyl (C=O) groups is 4. The zero-order valence-electron chi connectivity index (χ0n) is 62.6. The lowest BCUT2D eigenvalue weighted by Gasteiger charge is -2.21. The Kier molecular flexibility index (Phi) is 69.5. The highest BCUT2D eigenvalue weighted by atomic mass is 31.2. The zero-order valence-corrected chi connectivity index (χ0v) is 64.4. The summed E-state index contributed by atoms with van der Waals surface area (Å²) in [7, 11) is -9.98. The molecule has 5 unspecified atom stereocenters. The molecule has 0 aliphatic carbocycles. The average molecular weight is 1450 g/mol. The van der Waals surface area contributed by atoms with Crippen molar-refractivity contribution in [1.29, 1.82) is 0 Å². The number of unbranched alkanes of at least 4 members (excludes halogenated alkanes) is 27. The minimum absolute atomic E-state index is 0.0707. The minimum Gasteiger partial charge on any atom is -0.462 e. The van der Waals surface area contributed by atoms with Crippen LogP contribution in [0.2, 0.25) is 0 Å². The summed E-state index contributed by atoms with van der Waals surface area (Å²) in [5, 5.41) is 10.6. The van der Waals surface area contributed by atoms with Crippen molar-refractivity contribution in [1.82, 2.24) is 0 Å². The van der Waals surface area contributed by atoms with Gasteiger partial charge in [-0.1, -0.05) is 290 Å². The number of rotatable bonds is 72. The third-order valence-corrected chi connectivity index (χ3v) is 17.9. The van der Waals surface area contributed by atoms with Crippen molar-refractivity contribution in [2.75, 3.05) is 39.6 Å². The highest BCUT2D eigenvalue weighted by Crippen LogP contribution is 2.45. The van der Waals surface area contributed by atoms with Crippen molar-refractivity contribution in [2.45, 2.75) is 329 Å². The molecule has 0 spiro atoms. The number of hydrogen-bond acceptors (Lipinski definition) is 15. The maximum absolute atomic E-state index is 13.1. The van der Waals surface area contributed by atoms with Gasteiger partial charge in [-0.25, -0.2) is 9.13 Å². The van der Waals surface area contributed by atoms with Gasteiger partial charge in [-0.15, -0.1) is 0 Å². The third kappa shape index (κ3) is 71.8. The summed E-state index contributed by atoms with van der Waals surface area (Å²) in [5.41, 5.74) is 0. The molecule has 0 fully saturated rings. The van der Waals surface area contributed by atoms with Gasteiger partial charge in [0.05, 0.1) is 32.8 Å². The van der Waals surface area contributed by atoms with Gasteiger partial charge in [0.25, 0.3) is 0 Å². The van der Waals surface area contributed by atoms with E-state index in [4.69, 9.17) is 37.0 Å². The lowest BCUT2D eigenvalue weighted by atomic mass is 10.0. The second-order valence-electron chi connectivity index (χ2n) is 25.6. The standard InChI is InChI=1S/C81H138O17P2/c1-5-9-13-17-21-25-29-33-36-37-40-43-46-50-54-58-62-66-79(84)92-72-77(98-81(86)68-64-60-56-52-48-44-39-35-31-27-23-19-15-11-7-3)74-96-100(89,90)94-70-75(82)69-93-99(87,88)95-73-76(97-80(85)67-63-59-55-51-47-41-32-28-24-20-16-12-8-4)71-91-78(83)65-61-57-53-49-45-42-38-34-30-26-22-18-14-10-6-2/h9-10,13-14,21-22,25-26,33-36,38-40,43,45,49,57,61,75-77,82H,5-8,11-12,15-20,23-24,27-32,37,41-42,44,46-48,50-56,58-60,62-74H2,1-4H3,(H,87,88)(H,89,90)/b13-9-,14-10-,25-21-,26-22-,36-33-,38-34-,39-35-,43-40-,49-45-,61-57-. The Morgan fingerprint density at radius 1 is 0.300 bits per heavy atom. The summed E-state index contributed by atoms with van der Waals surface area (Å²) in [6.07, 6.45) is 79.3. The largest absolute Gasteiger partial charge is 0.472 e. The molecule has 0 amide bonds. The van der Waals surface area contributed by atoms with E-state index in [0.717, 1.165) is 141 Å². The SMILES string of the molecule is CC/C=C\C/C=C\C/C=C\C/C=C\C/C=C\CC(=O)OCC(COP(=O)(O)OCC(O)COP(=O)(O)OCC(COC(=O)CCCCCC/C=C\C/C=C\C/C=C\C/C=C\CC)OC(=O)CCCCCCC/C=C\CCCCCCCC)OC(=O)CCCCCCCCCCCCCCC. The van der Waals surface area contributed by atoms with E-state index in [9.17, 15) is 43.2 Å². The van der Waals surface area contributed by atoms with Crippen LogP contribution in [0, 0.1) is 0 Å². The Labute approximate surface area is 606 Å². The molecule has 574 valence electrons. The van der Waals surface area contributed by atoms with E-state index in [2.05, 4.69) is 125 Å². The van der Waals surface area contributed by atoms with E-state index in [1.807, 2.05) is 18.2 Å². The first kappa shape index (κ1) is 95.5. The van der Waals surface area contributed by atoms with Gasteiger partial charge in [0, 0.05) is 19.3 Å². The van der Waals surface area contributed by atoms with Gasteiger partial charge in [0.2, 0.25) is 0 Å². The Bertz CT molecular complexity index is 2370. The summed E-state index contributed by atoms with van der Waals surface area (Å²) in [4.78, 5) is 72.8. The zero-order chi connectivity index (χ0) is 73.2. The van der Waals surface area contributed by atoms with Crippen LogP contribution >= 0.6 is 15.6 Å². The fourth-order valence-corrected chi connectivity index (χ4v) is 11.7. The second kappa shape index (κ2) is 72.8. The lowest BCUT2D eigenvalue weighted by molar-refractivity contribution is -0.161. The van der Waals surface area contributed by atoms with Crippen molar-refractivity contribution in [3.63, 3.8) is 0 Å². The molecule has 0 saturated heterocycles. The van der Waals surface area contributed by atoms with E-state index in [1.165, 1.54) is 89.9 Å². The maximum Gasteiger partial charge on any atom is 0.472 e. The van der Waals surface area contributed by atoms with Crippen LogP contribution in [-0.4, -0.2) is 96.7 Å². The summed E-state index contributed by atoms with van der Waals surface area (Å²) >= 11 is 0. The number of carbonyl (C=O) groups excluding carboxylic acids is 4. The van der Waals surface area contributed by atoms with Gasteiger partial charge >= 0.3 is 39.5 Å². The molecule has 0 aromatic rings. The predicted octanol–water partition coefficient (Wildman–Crippen LogP) is 22.3. The van der Waals surface area contributed by atoms with Crippen LogP contribution in [0.25, 0.3) is 0 Å². The minimum atomic E-state index is -4.99. The smallest absolute Gasteiger partial charge is 0.462 e. The van der Waals surface area contributed by atoms with Gasteiger partial charge in [-0.2, -0.15) is 0 Å². The van der Waals surface area contributed by atoms with Gasteiger partial charge in [0.1, 0.15) is 19.3 Å². The first-order valence-electron chi connectivity index (χ1n) is 38.8. The molecule has 0 heterocycles. The van der Waals surface area contributed by atoms with Crippen LogP contribution in [0.15, 0.2) is 122 Å². The molecule has 0 aromatic heterocycles. The molecule has 19 heteroatoms. The fraction of sp³-hybridized carbons (Fsp3) is 0.704. The number of aliphatic hydroxyl groups excluding tert-OH is 1. The van der Waals surface area contributed by atoms with Gasteiger partial charge in [-0.05, 0) is 116 Å². The van der Waals surface area contributed by atoms with E-state index in [1.54, 1.807) is 6.08 Å². The fourth-order valence-electron chi connectivity index (χ4n) is 10.1. The predicted molar refractivity (Wildman–Crippen MR) is 408 cm³/mol. The molecule has 3 N–H and O–H groups in total. The van der Waals surface area contributed by atoms with Gasteiger partial charge in [-0.3, -0.25) is 37.3 Å². The molecule has 0 aliphatic rings. The lowest BCUT2D eigenvalue weighted by Crippen LogP contribution is -2.30. The van der Waals surface area contributed by atoms with E-state index < -0.39 is 97.5 Å². The number of phosphoric ester groups is 2. The van der Waals surface area contributed by atoms with Crippen LogP contribution in [0.5, 0.6) is 0 Å². The second-order valence-corrected chi connectivity index (χ2v) is 28.5. The average Bonchev–Trinajstić information content (AvgIpc) is 0.937. The van der Waals surface area contributed by atoms with Crippen molar-refractivity contribution < 1.29 is 80.2 Å². The number of esters is 4. The monoisotopic (exact) mass is 1440 g/mol. The molecule has 0 bridgehead atoms. The van der Waals surface area contributed by atoms with Crippen LogP contribution in [0.3, 0.4) is 0 Å². The summed E-state index contributed by atoms with van der Waals surface area (Å²) in [6, 6.07) is 0. The maximum atomic E-state index is 13.1. The van der Waals surface area contributed by atoms with Crippen LogP contribution in [0.4, 0.5) is 0 Å². The summed E-state index contributed by atoms with van der Waals surface area (Å²) in [5.74, 6) is -2.35. The number of aliphatic hydroxyl groups is 1. The first-order chi connectivity index (χ1) is 48.7. The molecular formula is C81H138O17P2. The van der Waals surface area contributed by atoms with Crippen LogP contribution < -0.4 is 0 Å². The molecule has 17 nitrogen and oxygen atoms in total. The number of allylic oxidation sites excluding steroid dienone is 19. The molecular weight excluding hydrogens is 1310 g/mol. The summed E-state index contributed by atoms with van der Waals surface area (Å²) < 4.78 is 68.4. The van der Waals surface area contributed by atoms with Gasteiger partial charge in [0.15, 0.2) is 12.2 Å². The molecule has 5 atom stereocenters. The molecule has 0 aromatic carbocycles. The Hall–Kier alpha value is -4.54. The van der Waals surface area contributed by atoms with Crippen molar-refractivity contribution in [3.8, 4) is 0 Å². The Morgan fingerprint density at radius 2 is 0.560 bits per heavy atom. The quantitative estimate of drug-likeness (QED) is 0.0169.